The topological polar surface area (TPSA) is 115 Å². The predicted molar refractivity (Wildman–Crippen MR) is 119 cm³/mol. The van der Waals surface area contributed by atoms with Gasteiger partial charge in [0.1, 0.15) is 0 Å². The van der Waals surface area contributed by atoms with E-state index in [1.165, 1.54) is 17.4 Å². The van der Waals surface area contributed by atoms with Gasteiger partial charge in [-0.25, -0.2) is 13.4 Å². The van der Waals surface area contributed by atoms with Gasteiger partial charge in [-0.2, -0.15) is 4.31 Å². The standard InChI is InChI=1S/C18H26N8O3S2/c1-14(27)20-18-19-13-17(30-18)31(28,29)26-11-9-25(10-12-26)16-4-3-15(21-22-16)24-7-5-23(2)6-8-24/h3-4,13H,5-12H2,1-2H3,(H,19,20,27). The molecule has 1 N–H and O–H groups in total. The number of aromatic nitrogens is 3. The molecule has 2 aliphatic rings. The summed E-state index contributed by atoms with van der Waals surface area (Å²) in [6.45, 7) is 6.98. The summed E-state index contributed by atoms with van der Waals surface area (Å²) in [7, 11) is -1.53. The fourth-order valence-electron chi connectivity index (χ4n) is 3.56. The molecule has 31 heavy (non-hydrogen) atoms. The molecule has 4 heterocycles. The monoisotopic (exact) mass is 466 g/mol. The van der Waals surface area contributed by atoms with Gasteiger partial charge in [-0.3, -0.25) is 4.79 Å². The molecule has 1 amide bonds. The highest BCUT2D eigenvalue weighted by Gasteiger charge is 2.31. The molecule has 2 aliphatic heterocycles. The summed E-state index contributed by atoms with van der Waals surface area (Å²) in [6.07, 6.45) is 1.29. The van der Waals surface area contributed by atoms with Crippen LogP contribution in [0.15, 0.2) is 22.5 Å². The number of thiazole rings is 1. The molecular weight excluding hydrogens is 440 g/mol. The summed E-state index contributed by atoms with van der Waals surface area (Å²) in [5.74, 6) is 1.34. The Morgan fingerprint density at radius 1 is 0.968 bits per heavy atom. The smallest absolute Gasteiger partial charge is 0.254 e. The third-order valence-electron chi connectivity index (χ3n) is 5.39. The summed E-state index contributed by atoms with van der Waals surface area (Å²) in [5, 5.41) is 11.6. The van der Waals surface area contributed by atoms with Crippen molar-refractivity contribution in [2.24, 2.45) is 0 Å². The molecule has 0 bridgehead atoms. The molecule has 0 saturated carbocycles. The fourth-order valence-corrected chi connectivity index (χ4v) is 6.22. The minimum Gasteiger partial charge on any atom is -0.353 e. The van der Waals surface area contributed by atoms with Gasteiger partial charge < -0.3 is 20.0 Å². The van der Waals surface area contributed by atoms with E-state index in [0.29, 0.717) is 26.2 Å². The van der Waals surface area contributed by atoms with Crippen molar-refractivity contribution in [3.05, 3.63) is 18.3 Å². The summed E-state index contributed by atoms with van der Waals surface area (Å²) in [4.78, 5) is 21.7. The molecule has 4 rings (SSSR count). The molecule has 2 saturated heterocycles. The molecule has 168 valence electrons. The minimum atomic E-state index is -3.64. The van der Waals surface area contributed by atoms with Gasteiger partial charge in [0, 0.05) is 59.3 Å². The van der Waals surface area contributed by atoms with Crippen LogP contribution < -0.4 is 15.1 Å². The Labute approximate surface area is 185 Å². The lowest BCUT2D eigenvalue weighted by molar-refractivity contribution is -0.114. The highest BCUT2D eigenvalue weighted by Crippen LogP contribution is 2.27. The number of anilines is 3. The number of nitrogens with one attached hydrogen (secondary N) is 1. The van der Waals surface area contributed by atoms with Crippen LogP contribution in [0.25, 0.3) is 0 Å². The number of hydrogen-bond donors (Lipinski definition) is 1. The summed E-state index contributed by atoms with van der Waals surface area (Å²) < 4.78 is 27.4. The van der Waals surface area contributed by atoms with Gasteiger partial charge in [-0.05, 0) is 19.2 Å². The highest BCUT2D eigenvalue weighted by molar-refractivity contribution is 7.91. The lowest BCUT2D eigenvalue weighted by Crippen LogP contribution is -2.49. The molecular formula is C18H26N8O3S2. The number of likely N-dealkylation sites (N-methyl/N-ethyl adjacent to an activating group) is 1. The summed E-state index contributed by atoms with van der Waals surface area (Å²) in [6, 6.07) is 3.94. The van der Waals surface area contributed by atoms with Gasteiger partial charge in [-0.1, -0.05) is 11.3 Å². The predicted octanol–water partition coefficient (Wildman–Crippen LogP) is 0.154. The van der Waals surface area contributed by atoms with Crippen LogP contribution in [0.3, 0.4) is 0 Å². The van der Waals surface area contributed by atoms with E-state index in [1.807, 2.05) is 17.0 Å². The molecule has 2 aromatic heterocycles. The first-order valence-electron chi connectivity index (χ1n) is 10.1. The van der Waals surface area contributed by atoms with Gasteiger partial charge in [-0.15, -0.1) is 10.2 Å². The van der Waals surface area contributed by atoms with Crippen molar-refractivity contribution in [1.29, 1.82) is 0 Å². The van der Waals surface area contributed by atoms with E-state index in [4.69, 9.17) is 0 Å². The Kier molecular flexibility index (Phi) is 6.36. The van der Waals surface area contributed by atoms with E-state index in [-0.39, 0.29) is 15.2 Å². The zero-order valence-electron chi connectivity index (χ0n) is 17.6. The fraction of sp³-hybridized carbons (Fsp3) is 0.556. The van der Waals surface area contributed by atoms with Gasteiger partial charge in [0.25, 0.3) is 10.0 Å². The van der Waals surface area contributed by atoms with Crippen molar-refractivity contribution in [2.45, 2.75) is 11.1 Å². The third-order valence-corrected chi connectivity index (χ3v) is 8.64. The molecule has 0 aromatic carbocycles. The molecule has 11 nitrogen and oxygen atoms in total. The average molecular weight is 467 g/mol. The quantitative estimate of drug-likeness (QED) is 0.658. The molecule has 0 spiro atoms. The van der Waals surface area contributed by atoms with Crippen LogP contribution in [-0.4, -0.2) is 98.1 Å². The number of hydrogen-bond acceptors (Lipinski definition) is 10. The Hall–Kier alpha value is -2.35. The van der Waals surface area contributed by atoms with E-state index in [9.17, 15) is 13.2 Å². The molecule has 2 fully saturated rings. The van der Waals surface area contributed by atoms with Crippen LogP contribution >= 0.6 is 11.3 Å². The number of rotatable bonds is 5. The van der Waals surface area contributed by atoms with E-state index >= 15 is 0 Å². The second kappa shape index (κ2) is 9.02. The first-order chi connectivity index (χ1) is 14.8. The lowest BCUT2D eigenvalue weighted by Gasteiger charge is -2.35. The normalized spacial score (nSPS) is 18.9. The van der Waals surface area contributed by atoms with Crippen molar-refractivity contribution in [3.63, 3.8) is 0 Å². The van der Waals surface area contributed by atoms with Crippen molar-refractivity contribution in [3.8, 4) is 0 Å². The maximum absolute atomic E-state index is 12.9. The molecule has 0 radical (unpaired) electrons. The number of carbonyl (C=O) groups excluding carboxylic acids is 1. The number of carbonyl (C=O) groups is 1. The Bertz CT molecular complexity index is 1010. The van der Waals surface area contributed by atoms with Gasteiger partial charge >= 0.3 is 0 Å². The molecule has 0 unspecified atom stereocenters. The van der Waals surface area contributed by atoms with Crippen molar-refractivity contribution in [2.75, 3.05) is 74.5 Å². The van der Waals surface area contributed by atoms with Gasteiger partial charge in [0.05, 0.1) is 6.20 Å². The van der Waals surface area contributed by atoms with E-state index in [1.54, 1.807) is 0 Å². The highest BCUT2D eigenvalue weighted by atomic mass is 32.2. The SMILES string of the molecule is CC(=O)Nc1ncc(S(=O)(=O)N2CCN(c3ccc(N4CCN(C)CC4)nn3)CC2)s1. The van der Waals surface area contributed by atoms with Crippen LogP contribution in [0, 0.1) is 0 Å². The van der Waals surface area contributed by atoms with Crippen LogP contribution in [0.5, 0.6) is 0 Å². The first kappa shape index (κ1) is 21.9. The van der Waals surface area contributed by atoms with Gasteiger partial charge in [0.2, 0.25) is 5.91 Å². The maximum Gasteiger partial charge on any atom is 0.254 e. The minimum absolute atomic E-state index is 0.126. The van der Waals surface area contributed by atoms with Crippen molar-refractivity contribution >= 4 is 44.0 Å². The number of amides is 1. The number of sulfonamides is 1. The summed E-state index contributed by atoms with van der Waals surface area (Å²) >= 11 is 0.958. The Morgan fingerprint density at radius 2 is 1.52 bits per heavy atom. The second-order valence-electron chi connectivity index (χ2n) is 7.60. The Balaban J connectivity index is 1.36. The Morgan fingerprint density at radius 3 is 2.03 bits per heavy atom. The molecule has 2 aromatic rings. The third kappa shape index (κ3) is 4.95. The average Bonchev–Trinajstić information content (AvgIpc) is 3.23. The lowest BCUT2D eigenvalue weighted by atomic mass is 10.3. The van der Waals surface area contributed by atoms with Crippen molar-refractivity contribution < 1.29 is 13.2 Å². The number of nitrogens with zero attached hydrogens (tertiary/aromatic N) is 7. The van der Waals surface area contributed by atoms with E-state index in [2.05, 4.69) is 37.3 Å². The largest absolute Gasteiger partial charge is 0.353 e. The van der Waals surface area contributed by atoms with E-state index < -0.39 is 10.0 Å². The van der Waals surface area contributed by atoms with Crippen LogP contribution in [0.2, 0.25) is 0 Å². The van der Waals surface area contributed by atoms with Crippen LogP contribution in [0.4, 0.5) is 16.8 Å². The van der Waals surface area contributed by atoms with Crippen LogP contribution in [0.1, 0.15) is 6.92 Å². The summed E-state index contributed by atoms with van der Waals surface area (Å²) in [5.41, 5.74) is 0. The molecule has 13 heteroatoms. The van der Waals surface area contributed by atoms with Crippen molar-refractivity contribution in [1.82, 2.24) is 24.4 Å². The van der Waals surface area contributed by atoms with Crippen LogP contribution in [-0.2, 0) is 14.8 Å². The van der Waals surface area contributed by atoms with E-state index in [0.717, 1.165) is 49.2 Å². The zero-order valence-corrected chi connectivity index (χ0v) is 19.2. The molecule has 0 aliphatic carbocycles. The number of piperazine rings is 2. The molecule has 0 atom stereocenters. The zero-order chi connectivity index (χ0) is 22.0. The van der Waals surface area contributed by atoms with Gasteiger partial charge in [0.15, 0.2) is 21.0 Å². The maximum atomic E-state index is 12.9. The second-order valence-corrected chi connectivity index (χ2v) is 10.8. The first-order valence-corrected chi connectivity index (χ1v) is 12.3.